The molecule has 0 spiro atoms. The molecule has 0 radical (unpaired) electrons. The largest absolute Gasteiger partial charge is 0.268 e. The highest BCUT2D eigenvalue weighted by atomic mass is 32.2. The van der Waals surface area contributed by atoms with Crippen molar-refractivity contribution in [2.24, 2.45) is 0 Å². The summed E-state index contributed by atoms with van der Waals surface area (Å²) in [4.78, 5) is 26.1. The van der Waals surface area contributed by atoms with Crippen molar-refractivity contribution in [3.63, 3.8) is 0 Å². The number of fused-ring (bicyclic) bond motifs is 1. The molecule has 0 aromatic heterocycles. The minimum atomic E-state index is -3.56. The number of carbonyl (C=O) groups excluding carboxylic acids is 2. The fraction of sp³-hybridized carbons (Fsp3) is 0.176. The molecule has 23 heavy (non-hydrogen) atoms. The van der Waals surface area contributed by atoms with Gasteiger partial charge in [0.05, 0.1) is 27.5 Å². The first-order valence-electron chi connectivity index (χ1n) is 7.27. The van der Waals surface area contributed by atoms with Crippen LogP contribution in [-0.4, -0.2) is 26.0 Å². The number of rotatable bonds is 4. The van der Waals surface area contributed by atoms with Gasteiger partial charge in [0, 0.05) is 0 Å². The molecule has 1 aliphatic heterocycles. The molecule has 0 saturated heterocycles. The fourth-order valence-corrected chi connectivity index (χ4v) is 4.21. The van der Waals surface area contributed by atoms with Gasteiger partial charge in [0.15, 0.2) is 9.84 Å². The van der Waals surface area contributed by atoms with E-state index in [9.17, 15) is 18.0 Å². The van der Waals surface area contributed by atoms with Crippen LogP contribution in [0.1, 0.15) is 34.1 Å². The number of nitrogens with zero attached hydrogens (tertiary/aromatic N) is 1. The zero-order valence-corrected chi connectivity index (χ0v) is 13.3. The summed E-state index contributed by atoms with van der Waals surface area (Å²) in [7, 11) is -3.56. The van der Waals surface area contributed by atoms with E-state index in [1.165, 1.54) is 12.1 Å². The first-order chi connectivity index (χ1) is 11.0. The maximum atomic E-state index is 12.6. The number of hydrogen-bond donors (Lipinski definition) is 0. The van der Waals surface area contributed by atoms with Crippen LogP contribution in [0.15, 0.2) is 53.4 Å². The van der Waals surface area contributed by atoms with Gasteiger partial charge in [-0.15, -0.1) is 0 Å². The molecule has 5 nitrogen and oxygen atoms in total. The Balaban J connectivity index is 2.15. The molecule has 118 valence electrons. The Labute approximate surface area is 134 Å². The number of benzene rings is 2. The van der Waals surface area contributed by atoms with Gasteiger partial charge >= 0.3 is 0 Å². The molecule has 0 N–H and O–H groups in total. The fourth-order valence-electron chi connectivity index (χ4n) is 2.69. The number of sulfone groups is 1. The van der Waals surface area contributed by atoms with Gasteiger partial charge in [0.25, 0.3) is 11.8 Å². The van der Waals surface area contributed by atoms with E-state index in [-0.39, 0.29) is 16.3 Å². The Bertz CT molecular complexity index is 867. The summed E-state index contributed by atoms with van der Waals surface area (Å²) < 4.78 is 24.9. The van der Waals surface area contributed by atoms with Gasteiger partial charge in [-0.3, -0.25) is 9.59 Å². The first kappa shape index (κ1) is 15.4. The number of para-hydroxylation sites is 1. The van der Waals surface area contributed by atoms with Crippen molar-refractivity contribution in [1.82, 2.24) is 0 Å². The van der Waals surface area contributed by atoms with E-state index < -0.39 is 21.7 Å². The topological polar surface area (TPSA) is 71.5 Å². The van der Waals surface area contributed by atoms with Gasteiger partial charge in [-0.25, -0.2) is 13.3 Å². The molecule has 2 aromatic carbocycles. The molecular formula is C17H15NO4S. The SMILES string of the molecule is CCCS(=O)(=O)c1ccccc1N1C(=O)c2ccccc2C1=O. The average Bonchev–Trinajstić information content (AvgIpc) is 2.79. The van der Waals surface area contributed by atoms with Crippen LogP contribution in [0.5, 0.6) is 0 Å². The minimum Gasteiger partial charge on any atom is -0.268 e. The number of imide groups is 1. The maximum Gasteiger partial charge on any atom is 0.266 e. The monoisotopic (exact) mass is 329 g/mol. The predicted molar refractivity (Wildman–Crippen MR) is 86.4 cm³/mol. The second-order valence-corrected chi connectivity index (χ2v) is 7.36. The lowest BCUT2D eigenvalue weighted by Gasteiger charge is -2.18. The minimum absolute atomic E-state index is 0.0105. The van der Waals surface area contributed by atoms with E-state index in [1.54, 1.807) is 43.3 Å². The Hall–Kier alpha value is -2.47. The Morgan fingerprint density at radius 2 is 1.39 bits per heavy atom. The van der Waals surface area contributed by atoms with Crippen LogP contribution in [-0.2, 0) is 9.84 Å². The zero-order valence-electron chi connectivity index (χ0n) is 12.5. The molecule has 0 saturated carbocycles. The molecule has 2 aromatic rings. The predicted octanol–water partition coefficient (Wildman–Crippen LogP) is 2.67. The van der Waals surface area contributed by atoms with Gasteiger partial charge in [-0.1, -0.05) is 31.2 Å². The normalized spacial score (nSPS) is 14.2. The van der Waals surface area contributed by atoms with Crippen LogP contribution in [0, 0.1) is 0 Å². The smallest absolute Gasteiger partial charge is 0.266 e. The van der Waals surface area contributed by atoms with E-state index in [0.717, 1.165) is 4.90 Å². The highest BCUT2D eigenvalue weighted by Crippen LogP contribution is 2.33. The Morgan fingerprint density at radius 1 is 0.870 bits per heavy atom. The second-order valence-electron chi connectivity index (χ2n) is 5.28. The summed E-state index contributed by atoms with van der Waals surface area (Å²) in [5.41, 5.74) is 0.701. The van der Waals surface area contributed by atoms with Gasteiger partial charge in [-0.2, -0.15) is 0 Å². The molecule has 1 aliphatic rings. The lowest BCUT2D eigenvalue weighted by atomic mass is 10.1. The summed E-state index contributed by atoms with van der Waals surface area (Å²) in [6, 6.07) is 12.6. The molecule has 0 aliphatic carbocycles. The molecular weight excluding hydrogens is 314 g/mol. The second kappa shape index (κ2) is 5.62. The van der Waals surface area contributed by atoms with Crippen LogP contribution in [0.4, 0.5) is 5.69 Å². The van der Waals surface area contributed by atoms with Crippen molar-refractivity contribution in [2.45, 2.75) is 18.2 Å². The van der Waals surface area contributed by atoms with Crippen LogP contribution >= 0.6 is 0 Å². The third-order valence-corrected chi connectivity index (χ3v) is 5.67. The standard InChI is InChI=1S/C17H15NO4S/c1-2-11-23(21,22)15-10-6-5-9-14(15)18-16(19)12-7-3-4-8-13(12)17(18)20/h3-10H,2,11H2,1H3. The van der Waals surface area contributed by atoms with E-state index in [2.05, 4.69) is 0 Å². The van der Waals surface area contributed by atoms with Gasteiger partial charge in [0.2, 0.25) is 0 Å². The Morgan fingerprint density at radius 3 is 1.96 bits per heavy atom. The maximum absolute atomic E-state index is 12.6. The van der Waals surface area contributed by atoms with Crippen LogP contribution in [0.2, 0.25) is 0 Å². The number of anilines is 1. The number of hydrogen-bond acceptors (Lipinski definition) is 4. The first-order valence-corrected chi connectivity index (χ1v) is 8.92. The summed E-state index contributed by atoms with van der Waals surface area (Å²) in [5.74, 6) is -1.03. The van der Waals surface area contributed by atoms with E-state index in [1.807, 2.05) is 0 Å². The summed E-state index contributed by atoms with van der Waals surface area (Å²) in [6.07, 6.45) is 0.457. The van der Waals surface area contributed by atoms with Crippen LogP contribution in [0.25, 0.3) is 0 Å². The van der Waals surface area contributed by atoms with E-state index in [4.69, 9.17) is 0 Å². The summed E-state index contributed by atoms with van der Waals surface area (Å²) in [5, 5.41) is 0. The zero-order chi connectivity index (χ0) is 16.6. The molecule has 3 rings (SSSR count). The Kier molecular flexibility index (Phi) is 3.77. The van der Waals surface area contributed by atoms with E-state index in [0.29, 0.717) is 17.5 Å². The van der Waals surface area contributed by atoms with Crippen LogP contribution in [0.3, 0.4) is 0 Å². The quantitative estimate of drug-likeness (QED) is 0.809. The van der Waals surface area contributed by atoms with Crippen molar-refractivity contribution >= 4 is 27.3 Å². The highest BCUT2D eigenvalue weighted by molar-refractivity contribution is 7.91. The van der Waals surface area contributed by atoms with Crippen molar-refractivity contribution in [2.75, 3.05) is 10.7 Å². The third-order valence-electron chi connectivity index (χ3n) is 3.71. The molecule has 1 heterocycles. The molecule has 0 atom stereocenters. The van der Waals surface area contributed by atoms with E-state index >= 15 is 0 Å². The third kappa shape index (κ3) is 2.45. The summed E-state index contributed by atoms with van der Waals surface area (Å²) >= 11 is 0. The van der Waals surface area contributed by atoms with Crippen molar-refractivity contribution < 1.29 is 18.0 Å². The van der Waals surface area contributed by atoms with Crippen LogP contribution < -0.4 is 4.90 Å². The van der Waals surface area contributed by atoms with Gasteiger partial charge in [-0.05, 0) is 30.7 Å². The number of amides is 2. The molecule has 6 heteroatoms. The van der Waals surface area contributed by atoms with Crippen molar-refractivity contribution in [3.05, 3.63) is 59.7 Å². The highest BCUT2D eigenvalue weighted by Gasteiger charge is 2.38. The summed E-state index contributed by atoms with van der Waals surface area (Å²) in [6.45, 7) is 1.77. The molecule has 0 fully saturated rings. The van der Waals surface area contributed by atoms with Crippen molar-refractivity contribution in [3.8, 4) is 0 Å². The molecule has 0 unspecified atom stereocenters. The number of carbonyl (C=O) groups is 2. The lowest BCUT2D eigenvalue weighted by Crippen LogP contribution is -2.31. The van der Waals surface area contributed by atoms with Gasteiger partial charge in [0.1, 0.15) is 0 Å². The molecule has 2 amide bonds. The molecule has 0 bridgehead atoms. The average molecular weight is 329 g/mol. The lowest BCUT2D eigenvalue weighted by molar-refractivity contribution is 0.0925. The van der Waals surface area contributed by atoms with Crippen molar-refractivity contribution in [1.29, 1.82) is 0 Å². The van der Waals surface area contributed by atoms with Gasteiger partial charge < -0.3 is 0 Å².